The standard InChI is InChI=1S/C24H51O4P.C8H19N/c1-3-5-7-9-11-13-14-16-18-20-22-24(23-28-29(25,26)27)21-19-17-15-12-10-8-6-4-2;1-2-3-4-5-6-7-8-9/h24H,3-23H2,1-2H3,(H2,25,26,27);2-9H2,1H3. The summed E-state index contributed by atoms with van der Waals surface area (Å²) in [6.45, 7) is 7.81. The van der Waals surface area contributed by atoms with Crippen molar-refractivity contribution in [2.45, 2.75) is 188 Å². The first kappa shape index (κ1) is 40.2. The van der Waals surface area contributed by atoms with Crippen LogP contribution in [0.25, 0.3) is 0 Å². The van der Waals surface area contributed by atoms with Crippen molar-refractivity contribution >= 4 is 7.82 Å². The van der Waals surface area contributed by atoms with Crippen molar-refractivity contribution in [3.05, 3.63) is 0 Å². The molecule has 0 heterocycles. The molecule has 0 aliphatic carbocycles. The van der Waals surface area contributed by atoms with Crippen LogP contribution in [0.4, 0.5) is 0 Å². The van der Waals surface area contributed by atoms with E-state index in [4.69, 9.17) is 20.0 Å². The maximum atomic E-state index is 11.1. The molecule has 0 aromatic rings. The molecule has 0 bridgehead atoms. The lowest BCUT2D eigenvalue weighted by Crippen LogP contribution is -2.09. The summed E-state index contributed by atoms with van der Waals surface area (Å²) in [6.07, 6.45) is 33.6. The fourth-order valence-electron chi connectivity index (χ4n) is 4.93. The minimum Gasteiger partial charge on any atom is -0.330 e. The zero-order valence-electron chi connectivity index (χ0n) is 26.1. The van der Waals surface area contributed by atoms with E-state index in [9.17, 15) is 4.57 Å². The van der Waals surface area contributed by atoms with Gasteiger partial charge in [0.25, 0.3) is 0 Å². The normalized spacial score (nSPS) is 12.4. The van der Waals surface area contributed by atoms with Gasteiger partial charge in [0.15, 0.2) is 0 Å². The Labute approximate surface area is 239 Å². The second kappa shape index (κ2) is 33.3. The summed E-state index contributed by atoms with van der Waals surface area (Å²) < 4.78 is 15.9. The predicted molar refractivity (Wildman–Crippen MR) is 168 cm³/mol. The first-order chi connectivity index (χ1) is 18.4. The lowest BCUT2D eigenvalue weighted by atomic mass is 9.94. The van der Waals surface area contributed by atoms with Gasteiger partial charge in [0, 0.05) is 0 Å². The molecule has 0 fully saturated rings. The predicted octanol–water partition coefficient (Wildman–Crippen LogP) is 10.9. The highest BCUT2D eigenvalue weighted by molar-refractivity contribution is 7.46. The number of hydrogen-bond donors (Lipinski definition) is 3. The summed E-state index contributed by atoms with van der Waals surface area (Å²) in [5, 5.41) is 0. The Kier molecular flexibility index (Phi) is 35.2. The van der Waals surface area contributed by atoms with Crippen LogP contribution in [0, 0.1) is 5.92 Å². The number of phosphoric ester groups is 1. The summed E-state index contributed by atoms with van der Waals surface area (Å²) >= 11 is 0. The average molecular weight is 564 g/mol. The number of rotatable bonds is 29. The van der Waals surface area contributed by atoms with Crippen LogP contribution in [-0.2, 0) is 9.09 Å². The lowest BCUT2D eigenvalue weighted by molar-refractivity contribution is 0.157. The van der Waals surface area contributed by atoms with Crippen LogP contribution in [-0.4, -0.2) is 22.9 Å². The Hall–Kier alpha value is 0.0700. The fraction of sp³-hybridized carbons (Fsp3) is 1.00. The molecule has 0 spiro atoms. The Morgan fingerprint density at radius 1 is 0.526 bits per heavy atom. The van der Waals surface area contributed by atoms with Crippen LogP contribution in [0.2, 0.25) is 0 Å². The van der Waals surface area contributed by atoms with E-state index in [1.165, 1.54) is 141 Å². The smallest absolute Gasteiger partial charge is 0.330 e. The maximum Gasteiger partial charge on any atom is 0.469 e. The first-order valence-electron chi connectivity index (χ1n) is 16.8. The van der Waals surface area contributed by atoms with Crippen molar-refractivity contribution in [2.75, 3.05) is 13.2 Å². The SMILES string of the molecule is CCCCCCCCCCCCC(CCCCCCCCCC)COP(=O)(O)O.CCCCCCCCN. The highest BCUT2D eigenvalue weighted by atomic mass is 31.2. The molecule has 6 heteroatoms. The highest BCUT2D eigenvalue weighted by Gasteiger charge is 2.18. The minimum atomic E-state index is -4.35. The Morgan fingerprint density at radius 3 is 1.11 bits per heavy atom. The summed E-state index contributed by atoms with van der Waals surface area (Å²) in [6, 6.07) is 0. The van der Waals surface area contributed by atoms with Crippen molar-refractivity contribution in [3.8, 4) is 0 Å². The summed E-state index contributed by atoms with van der Waals surface area (Å²) in [7, 11) is -4.35. The van der Waals surface area contributed by atoms with Gasteiger partial charge in [0.1, 0.15) is 0 Å². The van der Waals surface area contributed by atoms with Gasteiger partial charge in [-0.05, 0) is 31.7 Å². The van der Waals surface area contributed by atoms with Gasteiger partial charge in [-0.1, -0.05) is 168 Å². The van der Waals surface area contributed by atoms with E-state index in [-0.39, 0.29) is 12.5 Å². The molecule has 1 atom stereocenters. The van der Waals surface area contributed by atoms with Gasteiger partial charge in [-0.2, -0.15) is 0 Å². The molecule has 232 valence electrons. The highest BCUT2D eigenvalue weighted by Crippen LogP contribution is 2.37. The largest absolute Gasteiger partial charge is 0.469 e. The van der Waals surface area contributed by atoms with Crippen molar-refractivity contribution < 1.29 is 18.9 Å². The minimum absolute atomic E-state index is 0.207. The van der Waals surface area contributed by atoms with Crippen LogP contribution in [0.3, 0.4) is 0 Å². The summed E-state index contributed by atoms with van der Waals surface area (Å²) in [5.74, 6) is 0.289. The second-order valence-corrected chi connectivity index (χ2v) is 12.7. The summed E-state index contributed by atoms with van der Waals surface area (Å²) in [4.78, 5) is 18.0. The quantitative estimate of drug-likeness (QED) is 0.0621. The zero-order valence-corrected chi connectivity index (χ0v) is 27.0. The molecule has 38 heavy (non-hydrogen) atoms. The van der Waals surface area contributed by atoms with Crippen molar-refractivity contribution in [3.63, 3.8) is 0 Å². The molecule has 0 aromatic heterocycles. The molecule has 0 radical (unpaired) electrons. The first-order valence-corrected chi connectivity index (χ1v) is 18.3. The van der Waals surface area contributed by atoms with E-state index < -0.39 is 7.82 Å². The van der Waals surface area contributed by atoms with E-state index in [2.05, 4.69) is 20.8 Å². The number of hydrogen-bond acceptors (Lipinski definition) is 3. The lowest BCUT2D eigenvalue weighted by Gasteiger charge is -2.17. The fourth-order valence-corrected chi connectivity index (χ4v) is 5.33. The third-order valence-electron chi connectivity index (χ3n) is 7.47. The molecular formula is C32H70NO4P. The molecule has 0 saturated heterocycles. The molecule has 0 rings (SSSR count). The van der Waals surface area contributed by atoms with E-state index in [0.29, 0.717) is 0 Å². The van der Waals surface area contributed by atoms with Gasteiger partial charge in [-0.15, -0.1) is 0 Å². The van der Waals surface area contributed by atoms with Crippen molar-refractivity contribution in [2.24, 2.45) is 11.7 Å². The Morgan fingerprint density at radius 2 is 0.816 bits per heavy atom. The number of unbranched alkanes of at least 4 members (excludes halogenated alkanes) is 21. The van der Waals surface area contributed by atoms with Gasteiger partial charge >= 0.3 is 7.82 Å². The second-order valence-electron chi connectivity index (χ2n) is 11.4. The van der Waals surface area contributed by atoms with Crippen LogP contribution in [0.5, 0.6) is 0 Å². The van der Waals surface area contributed by atoms with Gasteiger partial charge in [0.05, 0.1) is 6.61 Å². The van der Waals surface area contributed by atoms with Crippen molar-refractivity contribution in [1.29, 1.82) is 0 Å². The molecule has 5 nitrogen and oxygen atoms in total. The van der Waals surface area contributed by atoms with E-state index in [1.807, 2.05) is 0 Å². The van der Waals surface area contributed by atoms with Crippen LogP contribution < -0.4 is 5.73 Å². The van der Waals surface area contributed by atoms with E-state index in [1.54, 1.807) is 0 Å². The molecule has 0 aliphatic heterocycles. The number of nitrogens with two attached hydrogens (primary N) is 1. The molecule has 0 amide bonds. The topological polar surface area (TPSA) is 92.8 Å². The van der Waals surface area contributed by atoms with Crippen molar-refractivity contribution in [1.82, 2.24) is 0 Å². The Balaban J connectivity index is 0. The molecule has 1 unspecified atom stereocenters. The average Bonchev–Trinajstić information content (AvgIpc) is 2.89. The molecule has 0 aromatic carbocycles. The van der Waals surface area contributed by atoms with Gasteiger partial charge in [-0.3, -0.25) is 4.52 Å². The van der Waals surface area contributed by atoms with E-state index in [0.717, 1.165) is 32.2 Å². The van der Waals surface area contributed by atoms with Crippen LogP contribution >= 0.6 is 7.82 Å². The van der Waals surface area contributed by atoms with Crippen LogP contribution in [0.1, 0.15) is 188 Å². The van der Waals surface area contributed by atoms with Gasteiger partial charge < -0.3 is 15.5 Å². The molecular weight excluding hydrogens is 493 g/mol. The maximum absolute atomic E-state index is 11.1. The molecule has 0 aliphatic rings. The number of phosphoric acid groups is 1. The molecule has 4 N–H and O–H groups in total. The van der Waals surface area contributed by atoms with Gasteiger partial charge in [0.2, 0.25) is 0 Å². The third kappa shape index (κ3) is 38.2. The zero-order chi connectivity index (χ0) is 28.6. The Bertz CT molecular complexity index is 466. The summed E-state index contributed by atoms with van der Waals surface area (Å²) in [5.41, 5.74) is 5.34. The van der Waals surface area contributed by atoms with Gasteiger partial charge in [-0.25, -0.2) is 4.57 Å². The third-order valence-corrected chi connectivity index (χ3v) is 7.95. The van der Waals surface area contributed by atoms with Crippen LogP contribution in [0.15, 0.2) is 0 Å². The monoisotopic (exact) mass is 564 g/mol. The molecule has 0 saturated carbocycles. The van der Waals surface area contributed by atoms with E-state index >= 15 is 0 Å².